The predicted octanol–water partition coefficient (Wildman–Crippen LogP) is 3.63. The van der Waals surface area contributed by atoms with Gasteiger partial charge in [0.1, 0.15) is 5.82 Å². The van der Waals surface area contributed by atoms with Gasteiger partial charge in [0.05, 0.1) is 18.3 Å². The highest BCUT2D eigenvalue weighted by Crippen LogP contribution is 2.15. The molecule has 0 spiro atoms. The van der Waals surface area contributed by atoms with Crippen LogP contribution in [0, 0.1) is 5.82 Å². The number of aromatic nitrogens is 2. The molecule has 1 heterocycles. The molecule has 0 saturated carbocycles. The molecule has 122 valence electrons. The van der Waals surface area contributed by atoms with Crippen LogP contribution in [0.5, 0.6) is 0 Å². The summed E-state index contributed by atoms with van der Waals surface area (Å²) < 4.78 is 16.1. The number of carbonyl (C=O) groups excluding carboxylic acids is 1. The number of rotatable bonds is 5. The van der Waals surface area contributed by atoms with Gasteiger partial charge in [-0.3, -0.25) is 4.79 Å². The fourth-order valence-corrected chi connectivity index (χ4v) is 2.70. The summed E-state index contributed by atoms with van der Waals surface area (Å²) in [6.45, 7) is 0.150. The van der Waals surface area contributed by atoms with E-state index in [1.54, 1.807) is 23.0 Å². The molecule has 2 aromatic carbocycles. The molecule has 1 N–H and O–H groups in total. The second kappa shape index (κ2) is 7.40. The molecule has 0 aliphatic rings. The van der Waals surface area contributed by atoms with Crippen LogP contribution in [0.25, 0.3) is 5.69 Å². The average Bonchev–Trinajstić information content (AvgIpc) is 3.05. The molecule has 0 saturated heterocycles. The first-order valence-corrected chi connectivity index (χ1v) is 8.21. The van der Waals surface area contributed by atoms with Crippen LogP contribution in [0.2, 0.25) is 0 Å². The Morgan fingerprint density at radius 2 is 2.00 bits per heavy atom. The minimum absolute atomic E-state index is 0.150. The maximum atomic E-state index is 13.7. The van der Waals surface area contributed by atoms with Crippen molar-refractivity contribution in [2.45, 2.75) is 13.0 Å². The summed E-state index contributed by atoms with van der Waals surface area (Å²) >= 11 is 3.29. The minimum atomic E-state index is -0.338. The average molecular weight is 388 g/mol. The van der Waals surface area contributed by atoms with Crippen LogP contribution < -0.4 is 5.32 Å². The number of nitrogens with one attached hydrogen (secondary N) is 1. The SMILES string of the molecule is O=C(Cc1cnn(-c2ccccc2)c1)NCc1cc(Br)ccc1F. The van der Waals surface area contributed by atoms with Gasteiger partial charge in [-0.1, -0.05) is 34.1 Å². The number of benzene rings is 2. The van der Waals surface area contributed by atoms with Crippen molar-refractivity contribution in [2.24, 2.45) is 0 Å². The summed E-state index contributed by atoms with van der Waals surface area (Å²) in [5.41, 5.74) is 2.17. The van der Waals surface area contributed by atoms with E-state index in [9.17, 15) is 9.18 Å². The third kappa shape index (κ3) is 4.08. The van der Waals surface area contributed by atoms with Gasteiger partial charge in [-0.2, -0.15) is 5.10 Å². The van der Waals surface area contributed by atoms with Crippen LogP contribution in [0.15, 0.2) is 65.4 Å². The summed E-state index contributed by atoms with van der Waals surface area (Å²) in [5.74, 6) is -0.516. The quantitative estimate of drug-likeness (QED) is 0.726. The van der Waals surface area contributed by atoms with Gasteiger partial charge in [-0.25, -0.2) is 9.07 Å². The molecule has 4 nitrogen and oxygen atoms in total. The van der Waals surface area contributed by atoms with Crippen molar-refractivity contribution in [3.05, 3.63) is 82.3 Å². The largest absolute Gasteiger partial charge is 0.352 e. The summed E-state index contributed by atoms with van der Waals surface area (Å²) in [6.07, 6.45) is 3.67. The maximum Gasteiger partial charge on any atom is 0.224 e. The van der Waals surface area contributed by atoms with E-state index >= 15 is 0 Å². The van der Waals surface area contributed by atoms with Crippen molar-refractivity contribution >= 4 is 21.8 Å². The Morgan fingerprint density at radius 3 is 2.79 bits per heavy atom. The highest BCUT2D eigenvalue weighted by Gasteiger charge is 2.08. The second-order valence-corrected chi connectivity index (χ2v) is 6.23. The van der Waals surface area contributed by atoms with Crippen molar-refractivity contribution in [3.63, 3.8) is 0 Å². The lowest BCUT2D eigenvalue weighted by molar-refractivity contribution is -0.120. The van der Waals surface area contributed by atoms with Crippen molar-refractivity contribution < 1.29 is 9.18 Å². The molecular formula is C18H15BrFN3O. The van der Waals surface area contributed by atoms with E-state index in [2.05, 4.69) is 26.3 Å². The van der Waals surface area contributed by atoms with Crippen LogP contribution >= 0.6 is 15.9 Å². The fraction of sp³-hybridized carbons (Fsp3) is 0.111. The second-order valence-electron chi connectivity index (χ2n) is 5.32. The van der Waals surface area contributed by atoms with E-state index in [0.29, 0.717) is 5.56 Å². The zero-order chi connectivity index (χ0) is 16.9. The molecule has 24 heavy (non-hydrogen) atoms. The Labute approximate surface area is 147 Å². The Bertz CT molecular complexity index is 848. The molecular weight excluding hydrogens is 373 g/mol. The maximum absolute atomic E-state index is 13.7. The number of nitrogens with zero attached hydrogens (tertiary/aromatic N) is 2. The van der Waals surface area contributed by atoms with Crippen LogP contribution in [0.4, 0.5) is 4.39 Å². The van der Waals surface area contributed by atoms with Gasteiger partial charge in [0.15, 0.2) is 0 Å². The third-order valence-corrected chi connectivity index (χ3v) is 4.00. The van der Waals surface area contributed by atoms with E-state index < -0.39 is 0 Å². The first kappa shape index (κ1) is 16.4. The molecule has 6 heteroatoms. The molecule has 0 unspecified atom stereocenters. The van der Waals surface area contributed by atoms with E-state index in [1.807, 2.05) is 36.5 Å². The lowest BCUT2D eigenvalue weighted by Crippen LogP contribution is -2.24. The van der Waals surface area contributed by atoms with Crippen LogP contribution in [0.1, 0.15) is 11.1 Å². The molecule has 1 amide bonds. The van der Waals surface area contributed by atoms with Crippen LogP contribution in [-0.4, -0.2) is 15.7 Å². The van der Waals surface area contributed by atoms with Crippen molar-refractivity contribution in [1.29, 1.82) is 0 Å². The van der Waals surface area contributed by atoms with Gasteiger partial charge in [-0.15, -0.1) is 0 Å². The monoisotopic (exact) mass is 387 g/mol. The predicted molar refractivity (Wildman–Crippen MR) is 93.2 cm³/mol. The van der Waals surface area contributed by atoms with Crippen molar-refractivity contribution in [3.8, 4) is 5.69 Å². The standard InChI is InChI=1S/C18H15BrFN3O/c19-15-6-7-17(20)14(9-15)11-21-18(24)8-13-10-22-23(12-13)16-4-2-1-3-5-16/h1-7,9-10,12H,8,11H2,(H,21,24). The Balaban J connectivity index is 1.59. The van der Waals surface area contributed by atoms with Crippen molar-refractivity contribution in [2.75, 3.05) is 0 Å². The van der Waals surface area contributed by atoms with Gasteiger partial charge in [0.25, 0.3) is 0 Å². The molecule has 0 aliphatic carbocycles. The lowest BCUT2D eigenvalue weighted by atomic mass is 10.2. The zero-order valence-electron chi connectivity index (χ0n) is 12.7. The highest BCUT2D eigenvalue weighted by atomic mass is 79.9. The van der Waals surface area contributed by atoms with Crippen molar-refractivity contribution in [1.82, 2.24) is 15.1 Å². The lowest BCUT2D eigenvalue weighted by Gasteiger charge is -2.06. The Morgan fingerprint density at radius 1 is 1.21 bits per heavy atom. The molecule has 3 aromatic rings. The minimum Gasteiger partial charge on any atom is -0.352 e. The summed E-state index contributed by atoms with van der Waals surface area (Å²) in [4.78, 5) is 12.0. The van der Waals surface area contributed by atoms with E-state index in [1.165, 1.54) is 6.07 Å². The highest BCUT2D eigenvalue weighted by molar-refractivity contribution is 9.10. The van der Waals surface area contributed by atoms with E-state index in [0.717, 1.165) is 15.7 Å². The molecule has 0 radical (unpaired) electrons. The van der Waals surface area contributed by atoms with E-state index in [-0.39, 0.29) is 24.7 Å². The molecule has 0 bridgehead atoms. The van der Waals surface area contributed by atoms with Gasteiger partial charge in [0, 0.05) is 22.8 Å². The van der Waals surface area contributed by atoms with Gasteiger partial charge >= 0.3 is 0 Å². The Kier molecular flexibility index (Phi) is 5.05. The van der Waals surface area contributed by atoms with Gasteiger partial charge in [0.2, 0.25) is 5.91 Å². The van der Waals surface area contributed by atoms with Crippen LogP contribution in [0.3, 0.4) is 0 Å². The summed E-state index contributed by atoms with van der Waals surface area (Å²) in [5, 5.41) is 6.98. The zero-order valence-corrected chi connectivity index (χ0v) is 14.3. The normalized spacial score (nSPS) is 10.6. The number of carbonyl (C=O) groups is 1. The first-order valence-electron chi connectivity index (χ1n) is 7.41. The summed E-state index contributed by atoms with van der Waals surface area (Å²) in [6, 6.07) is 14.3. The molecule has 0 atom stereocenters. The molecule has 3 rings (SSSR count). The van der Waals surface area contributed by atoms with Crippen LogP contribution in [-0.2, 0) is 17.8 Å². The number of halogens is 2. The van der Waals surface area contributed by atoms with E-state index in [4.69, 9.17) is 0 Å². The Hall–Kier alpha value is -2.47. The molecule has 0 aliphatic heterocycles. The van der Waals surface area contributed by atoms with Gasteiger partial charge < -0.3 is 5.32 Å². The molecule has 1 aromatic heterocycles. The number of amides is 1. The topological polar surface area (TPSA) is 46.9 Å². The smallest absolute Gasteiger partial charge is 0.224 e. The number of para-hydroxylation sites is 1. The fourth-order valence-electron chi connectivity index (χ4n) is 2.29. The molecule has 0 fully saturated rings. The first-order chi connectivity index (χ1) is 11.6. The number of hydrogen-bond acceptors (Lipinski definition) is 2. The number of hydrogen-bond donors (Lipinski definition) is 1. The third-order valence-electron chi connectivity index (χ3n) is 3.51. The van der Waals surface area contributed by atoms with Gasteiger partial charge in [-0.05, 0) is 35.9 Å². The summed E-state index contributed by atoms with van der Waals surface area (Å²) in [7, 11) is 0.